The van der Waals surface area contributed by atoms with Crippen molar-refractivity contribution in [2.75, 3.05) is 25.1 Å². The molecule has 1 saturated heterocycles. The molecule has 0 spiro atoms. The van der Waals surface area contributed by atoms with Crippen LogP contribution >= 0.6 is 0 Å². The smallest absolute Gasteiger partial charge is 0.410 e. The predicted octanol–water partition coefficient (Wildman–Crippen LogP) is 3.62. The second kappa shape index (κ2) is 8.84. The second-order valence-electron chi connectivity index (χ2n) is 8.41. The first-order chi connectivity index (χ1) is 13.6. The third-order valence-corrected chi connectivity index (χ3v) is 5.23. The number of carbonyl (C=O) groups is 3. The largest absolute Gasteiger partial charge is 0.467 e. The van der Waals surface area contributed by atoms with Crippen molar-refractivity contribution in [1.29, 1.82) is 0 Å². The summed E-state index contributed by atoms with van der Waals surface area (Å²) in [6, 6.07) is 9.14. The second-order valence-corrected chi connectivity index (χ2v) is 8.41. The molecule has 0 saturated carbocycles. The summed E-state index contributed by atoms with van der Waals surface area (Å²) < 4.78 is 10.7. The van der Waals surface area contributed by atoms with Gasteiger partial charge in [-0.1, -0.05) is 32.0 Å². The molecule has 7 heteroatoms. The number of ether oxygens (including phenoxy) is 2. The Labute approximate surface area is 172 Å². The van der Waals surface area contributed by atoms with E-state index in [9.17, 15) is 14.4 Å². The van der Waals surface area contributed by atoms with E-state index in [4.69, 9.17) is 9.47 Å². The lowest BCUT2D eigenvalue weighted by molar-refractivity contribution is -0.153. The molecular weight excluding hydrogens is 372 g/mol. The molecule has 1 aliphatic heterocycles. The van der Waals surface area contributed by atoms with Gasteiger partial charge in [0.15, 0.2) is 5.54 Å². The number of esters is 1. The molecule has 2 rings (SSSR count). The summed E-state index contributed by atoms with van der Waals surface area (Å²) in [5, 5.41) is 0. The van der Waals surface area contributed by atoms with Crippen molar-refractivity contribution in [2.45, 2.75) is 58.6 Å². The van der Waals surface area contributed by atoms with E-state index in [1.165, 1.54) is 7.11 Å². The summed E-state index contributed by atoms with van der Waals surface area (Å²) in [6.45, 7) is 9.64. The molecule has 0 aliphatic carbocycles. The van der Waals surface area contributed by atoms with Gasteiger partial charge in [-0.25, -0.2) is 9.59 Å². The molecule has 2 atom stereocenters. The Balaban J connectivity index is 2.44. The van der Waals surface area contributed by atoms with E-state index in [1.807, 2.05) is 58.0 Å². The van der Waals surface area contributed by atoms with Crippen molar-refractivity contribution in [1.82, 2.24) is 4.90 Å². The summed E-state index contributed by atoms with van der Waals surface area (Å²) in [5.74, 6) is -0.995. The Hall–Kier alpha value is -2.57. The van der Waals surface area contributed by atoms with Crippen LogP contribution in [0.15, 0.2) is 30.3 Å². The number of rotatable bonds is 4. The number of amides is 2. The van der Waals surface area contributed by atoms with Crippen LogP contribution in [0.5, 0.6) is 0 Å². The van der Waals surface area contributed by atoms with Gasteiger partial charge in [0.25, 0.3) is 0 Å². The van der Waals surface area contributed by atoms with E-state index in [2.05, 4.69) is 0 Å². The van der Waals surface area contributed by atoms with Crippen LogP contribution in [0.1, 0.15) is 47.5 Å². The van der Waals surface area contributed by atoms with Gasteiger partial charge in [0.1, 0.15) is 5.60 Å². The fourth-order valence-electron chi connectivity index (χ4n) is 3.85. The number of carbonyl (C=O) groups excluding carboxylic acids is 3. The molecule has 1 aromatic rings. The molecule has 0 radical (unpaired) electrons. The van der Waals surface area contributed by atoms with Gasteiger partial charge >= 0.3 is 12.1 Å². The third-order valence-electron chi connectivity index (χ3n) is 5.23. The molecule has 1 aromatic carbocycles. The zero-order valence-electron chi connectivity index (χ0n) is 18.2. The van der Waals surface area contributed by atoms with Crippen LogP contribution in [-0.2, 0) is 19.1 Å². The van der Waals surface area contributed by atoms with E-state index in [0.717, 1.165) is 0 Å². The third kappa shape index (κ3) is 4.71. The number of piperidine rings is 1. The maximum absolute atomic E-state index is 13.1. The zero-order chi connectivity index (χ0) is 21.8. The fraction of sp³-hybridized carbons (Fsp3) is 0.591. The topological polar surface area (TPSA) is 76.2 Å². The van der Waals surface area contributed by atoms with Crippen molar-refractivity contribution in [2.24, 2.45) is 5.92 Å². The number of para-hydroxylation sites is 1. The van der Waals surface area contributed by atoms with Gasteiger partial charge in [-0.05, 0) is 39.3 Å². The maximum Gasteiger partial charge on any atom is 0.410 e. The quantitative estimate of drug-likeness (QED) is 0.717. The molecular formula is C22H32N2O5. The zero-order valence-corrected chi connectivity index (χ0v) is 18.2. The predicted molar refractivity (Wildman–Crippen MR) is 111 cm³/mol. The molecule has 7 nitrogen and oxygen atoms in total. The summed E-state index contributed by atoms with van der Waals surface area (Å²) in [5.41, 5.74) is -1.16. The highest BCUT2D eigenvalue weighted by atomic mass is 16.6. The Morgan fingerprint density at radius 3 is 2.31 bits per heavy atom. The van der Waals surface area contributed by atoms with Crippen LogP contribution in [0.25, 0.3) is 0 Å². The average Bonchev–Trinajstić information content (AvgIpc) is 2.68. The first kappa shape index (κ1) is 22.7. The van der Waals surface area contributed by atoms with Crippen LogP contribution in [-0.4, -0.2) is 54.2 Å². The Morgan fingerprint density at radius 2 is 1.83 bits per heavy atom. The van der Waals surface area contributed by atoms with E-state index in [1.54, 1.807) is 16.7 Å². The molecule has 1 heterocycles. The molecule has 2 amide bonds. The Morgan fingerprint density at radius 1 is 1.21 bits per heavy atom. The van der Waals surface area contributed by atoms with Crippen LogP contribution in [0.3, 0.4) is 0 Å². The van der Waals surface area contributed by atoms with Crippen molar-refractivity contribution in [3.05, 3.63) is 30.3 Å². The van der Waals surface area contributed by atoms with E-state index in [-0.39, 0.29) is 37.8 Å². The van der Waals surface area contributed by atoms with Crippen molar-refractivity contribution in [3.63, 3.8) is 0 Å². The number of nitrogens with zero attached hydrogens (tertiary/aromatic N) is 2. The summed E-state index contributed by atoms with van der Waals surface area (Å²) in [7, 11) is 1.33. The molecule has 160 valence electrons. The maximum atomic E-state index is 13.1. The van der Waals surface area contributed by atoms with Crippen molar-refractivity contribution < 1.29 is 23.9 Å². The van der Waals surface area contributed by atoms with Gasteiger partial charge in [0.05, 0.1) is 7.11 Å². The van der Waals surface area contributed by atoms with Gasteiger partial charge < -0.3 is 14.4 Å². The van der Waals surface area contributed by atoms with Crippen LogP contribution in [0.2, 0.25) is 0 Å². The summed E-state index contributed by atoms with van der Waals surface area (Å²) in [6.07, 6.45) is 0.0903. The van der Waals surface area contributed by atoms with Crippen molar-refractivity contribution in [3.8, 4) is 0 Å². The van der Waals surface area contributed by atoms with Gasteiger partial charge in [0.2, 0.25) is 5.91 Å². The Bertz CT molecular complexity index is 743. The SMILES string of the molecule is CCC(=O)N(c1ccccc1)[C@]1(C(=O)OC)CCN(C(=O)OC(C)(C)C)C[C@@H]1C. The highest BCUT2D eigenvalue weighted by Crippen LogP contribution is 2.39. The van der Waals surface area contributed by atoms with Gasteiger partial charge in [0, 0.05) is 31.1 Å². The molecule has 0 aromatic heterocycles. The van der Waals surface area contributed by atoms with Crippen LogP contribution in [0.4, 0.5) is 10.5 Å². The van der Waals surface area contributed by atoms with Crippen molar-refractivity contribution >= 4 is 23.7 Å². The van der Waals surface area contributed by atoms with Gasteiger partial charge in [-0.2, -0.15) is 0 Å². The monoisotopic (exact) mass is 404 g/mol. The van der Waals surface area contributed by atoms with E-state index in [0.29, 0.717) is 5.69 Å². The van der Waals surface area contributed by atoms with E-state index < -0.39 is 23.2 Å². The first-order valence-electron chi connectivity index (χ1n) is 10.0. The van der Waals surface area contributed by atoms with Crippen LogP contribution in [0, 0.1) is 5.92 Å². The fourth-order valence-corrected chi connectivity index (χ4v) is 3.85. The minimum absolute atomic E-state index is 0.167. The summed E-state index contributed by atoms with van der Waals surface area (Å²) >= 11 is 0. The number of likely N-dealkylation sites (tertiary alicyclic amines) is 1. The average molecular weight is 405 g/mol. The lowest BCUT2D eigenvalue weighted by Gasteiger charge is -2.50. The minimum atomic E-state index is -1.19. The number of benzene rings is 1. The summed E-state index contributed by atoms with van der Waals surface area (Å²) in [4.78, 5) is 41.8. The molecule has 1 aliphatic rings. The number of methoxy groups -OCH3 is 1. The molecule has 29 heavy (non-hydrogen) atoms. The molecule has 0 N–H and O–H groups in total. The molecule has 0 bridgehead atoms. The van der Waals surface area contributed by atoms with Crippen LogP contribution < -0.4 is 4.90 Å². The lowest BCUT2D eigenvalue weighted by atomic mass is 9.76. The standard InChI is InChI=1S/C22H32N2O5/c1-7-18(25)24(17-11-9-8-10-12-17)22(19(26)28-6)13-14-23(15-16(22)2)20(27)29-21(3,4)5/h8-12,16H,7,13-15H2,1-6H3/t16-,22+/m0/s1. The highest BCUT2D eigenvalue weighted by Gasteiger charge is 2.55. The number of anilines is 1. The minimum Gasteiger partial charge on any atom is -0.467 e. The van der Waals surface area contributed by atoms with Gasteiger partial charge in [-0.3, -0.25) is 9.69 Å². The number of hydrogen-bond donors (Lipinski definition) is 0. The van der Waals surface area contributed by atoms with Gasteiger partial charge in [-0.15, -0.1) is 0 Å². The number of hydrogen-bond acceptors (Lipinski definition) is 5. The molecule has 1 fully saturated rings. The Kier molecular flexibility index (Phi) is 6.93. The van der Waals surface area contributed by atoms with E-state index >= 15 is 0 Å². The lowest BCUT2D eigenvalue weighted by Crippen LogP contribution is -2.67. The first-order valence-corrected chi connectivity index (χ1v) is 10.0. The highest BCUT2D eigenvalue weighted by molar-refractivity contribution is 6.02. The molecule has 0 unspecified atom stereocenters. The normalized spacial score (nSPS) is 22.0.